The van der Waals surface area contributed by atoms with Gasteiger partial charge in [0.05, 0.1) is 23.1 Å². The first-order valence-corrected chi connectivity index (χ1v) is 11.6. The van der Waals surface area contributed by atoms with Crippen LogP contribution in [-0.4, -0.2) is 49.8 Å². The van der Waals surface area contributed by atoms with Gasteiger partial charge in [-0.2, -0.15) is 4.31 Å². The number of halogens is 2. The zero-order valence-electron chi connectivity index (χ0n) is 16.4. The van der Waals surface area contributed by atoms with Crippen molar-refractivity contribution in [3.8, 4) is 0 Å². The van der Waals surface area contributed by atoms with Crippen LogP contribution in [0.5, 0.6) is 0 Å². The van der Waals surface area contributed by atoms with Gasteiger partial charge in [0.2, 0.25) is 15.9 Å². The Kier molecular flexibility index (Phi) is 6.11. The first-order valence-electron chi connectivity index (χ1n) is 9.79. The van der Waals surface area contributed by atoms with Crippen LogP contribution < -0.4 is 4.90 Å². The molecule has 0 bridgehead atoms. The van der Waals surface area contributed by atoms with Gasteiger partial charge in [0.15, 0.2) is 0 Å². The highest BCUT2D eigenvalue weighted by molar-refractivity contribution is 7.89. The van der Waals surface area contributed by atoms with Crippen molar-refractivity contribution in [2.45, 2.75) is 36.3 Å². The highest BCUT2D eigenvalue weighted by Gasteiger charge is 2.47. The number of amides is 2. The molecule has 0 N–H and O–H groups in total. The lowest BCUT2D eigenvalue weighted by molar-refractivity contribution is -0.122. The lowest BCUT2D eigenvalue weighted by atomic mass is 10.2. The van der Waals surface area contributed by atoms with Crippen molar-refractivity contribution in [1.82, 2.24) is 4.31 Å². The number of benzene rings is 2. The highest BCUT2D eigenvalue weighted by atomic mass is 35.5. The minimum atomic E-state index is -4.12. The van der Waals surface area contributed by atoms with Crippen LogP contribution in [0.2, 0.25) is 5.02 Å². The molecule has 7 nitrogen and oxygen atoms in total. The molecule has 0 aliphatic carbocycles. The summed E-state index contributed by atoms with van der Waals surface area (Å²) in [6.45, 7) is 0.463. The van der Waals surface area contributed by atoms with Crippen molar-refractivity contribution in [2.75, 3.05) is 18.1 Å². The number of nitrogens with zero attached hydrogens (tertiary/aromatic N) is 2. The van der Waals surface area contributed by atoms with Gasteiger partial charge in [-0.25, -0.2) is 17.7 Å². The number of rotatable bonds is 6. The molecule has 2 fully saturated rings. The lowest BCUT2D eigenvalue weighted by Crippen LogP contribution is -2.48. The molecule has 0 radical (unpaired) electrons. The SMILES string of the molecule is O=C1CC(N(CC2CCCO2)S(=O)(=O)c2ccc(Cl)cc2)C(=O)N1c1ccc(F)cc1. The van der Waals surface area contributed by atoms with Crippen LogP contribution >= 0.6 is 11.6 Å². The van der Waals surface area contributed by atoms with Crippen LogP contribution in [-0.2, 0) is 24.3 Å². The molecule has 2 atom stereocenters. The summed E-state index contributed by atoms with van der Waals surface area (Å²) in [5.41, 5.74) is 0.194. The Balaban J connectivity index is 1.69. The van der Waals surface area contributed by atoms with Gasteiger partial charge in [-0.05, 0) is 61.4 Å². The Labute approximate surface area is 184 Å². The van der Waals surface area contributed by atoms with Crippen LogP contribution in [0, 0.1) is 5.82 Å². The van der Waals surface area contributed by atoms with Gasteiger partial charge in [0, 0.05) is 18.2 Å². The predicted octanol–water partition coefficient (Wildman–Crippen LogP) is 2.98. The Morgan fingerprint density at radius 1 is 1.10 bits per heavy atom. The minimum Gasteiger partial charge on any atom is -0.377 e. The van der Waals surface area contributed by atoms with Crippen molar-refractivity contribution < 1.29 is 27.1 Å². The summed E-state index contributed by atoms with van der Waals surface area (Å²) in [6, 6.07) is 9.30. The van der Waals surface area contributed by atoms with Crippen molar-refractivity contribution >= 4 is 39.1 Å². The van der Waals surface area contributed by atoms with E-state index in [-0.39, 0.29) is 29.7 Å². The van der Waals surface area contributed by atoms with E-state index < -0.39 is 33.7 Å². The van der Waals surface area contributed by atoms with E-state index in [0.717, 1.165) is 27.8 Å². The van der Waals surface area contributed by atoms with Crippen molar-refractivity contribution in [2.24, 2.45) is 0 Å². The number of hydrogen-bond donors (Lipinski definition) is 0. The van der Waals surface area contributed by atoms with Crippen LogP contribution in [0.3, 0.4) is 0 Å². The molecule has 4 rings (SSSR count). The number of imide groups is 1. The van der Waals surface area contributed by atoms with Crippen molar-refractivity contribution in [3.63, 3.8) is 0 Å². The van der Waals surface area contributed by atoms with E-state index in [0.29, 0.717) is 18.1 Å². The van der Waals surface area contributed by atoms with E-state index in [9.17, 15) is 22.4 Å². The molecule has 2 unspecified atom stereocenters. The minimum absolute atomic E-state index is 0.0321. The second kappa shape index (κ2) is 8.66. The number of carbonyl (C=O) groups is 2. The standard InChI is InChI=1S/C21H20ClFN2O5S/c22-14-3-9-18(10-4-14)31(28,29)24(13-17-2-1-11-30-17)19-12-20(26)25(21(19)27)16-7-5-15(23)6-8-16/h3-10,17,19H,1-2,11-13H2. The molecular formula is C21H20ClFN2O5S. The molecule has 10 heteroatoms. The molecular weight excluding hydrogens is 447 g/mol. The van der Waals surface area contributed by atoms with Crippen LogP contribution in [0.4, 0.5) is 10.1 Å². The van der Waals surface area contributed by atoms with Gasteiger partial charge in [0.1, 0.15) is 11.9 Å². The summed E-state index contributed by atoms with van der Waals surface area (Å²) >= 11 is 5.89. The van der Waals surface area contributed by atoms with E-state index in [1.54, 1.807) is 0 Å². The van der Waals surface area contributed by atoms with Crippen molar-refractivity contribution in [3.05, 3.63) is 59.4 Å². The number of carbonyl (C=O) groups excluding carboxylic acids is 2. The Bertz CT molecular complexity index is 1090. The number of sulfonamides is 1. The smallest absolute Gasteiger partial charge is 0.252 e. The predicted molar refractivity (Wildman–Crippen MR) is 112 cm³/mol. The summed E-state index contributed by atoms with van der Waals surface area (Å²) < 4.78 is 46.8. The average molecular weight is 467 g/mol. The van der Waals surface area contributed by atoms with Gasteiger partial charge in [-0.3, -0.25) is 9.59 Å². The third-order valence-corrected chi connectivity index (χ3v) is 7.52. The number of ether oxygens (including phenoxy) is 1. The summed E-state index contributed by atoms with van der Waals surface area (Å²) in [5.74, 6) is -1.73. The second-order valence-corrected chi connectivity index (χ2v) is 9.75. The molecule has 2 saturated heterocycles. The Hall–Kier alpha value is -2.33. The third-order valence-electron chi connectivity index (χ3n) is 5.38. The fraction of sp³-hybridized carbons (Fsp3) is 0.333. The van der Waals surface area contributed by atoms with E-state index in [1.165, 1.54) is 36.4 Å². The molecule has 2 aliphatic rings. The van der Waals surface area contributed by atoms with Gasteiger partial charge in [-0.15, -0.1) is 0 Å². The first-order chi connectivity index (χ1) is 14.8. The van der Waals surface area contributed by atoms with Gasteiger partial charge >= 0.3 is 0 Å². The van der Waals surface area contributed by atoms with Crippen molar-refractivity contribution in [1.29, 1.82) is 0 Å². The van der Waals surface area contributed by atoms with Gasteiger partial charge < -0.3 is 4.74 Å². The zero-order chi connectivity index (χ0) is 22.2. The van der Waals surface area contributed by atoms with Crippen LogP contribution in [0.15, 0.2) is 53.4 Å². The second-order valence-electron chi connectivity index (χ2n) is 7.43. The molecule has 2 aromatic carbocycles. The molecule has 0 aromatic heterocycles. The summed E-state index contributed by atoms with van der Waals surface area (Å²) in [6.07, 6.45) is 0.766. The van der Waals surface area contributed by atoms with E-state index >= 15 is 0 Å². The number of anilines is 1. The quantitative estimate of drug-likeness (QED) is 0.611. The molecule has 2 amide bonds. The molecule has 164 valence electrons. The maximum absolute atomic E-state index is 13.5. The molecule has 2 heterocycles. The summed E-state index contributed by atoms with van der Waals surface area (Å²) in [4.78, 5) is 26.7. The molecule has 0 spiro atoms. The molecule has 2 aliphatic heterocycles. The van der Waals surface area contributed by atoms with E-state index in [4.69, 9.17) is 16.3 Å². The third kappa shape index (κ3) is 4.36. The lowest BCUT2D eigenvalue weighted by Gasteiger charge is -2.29. The van der Waals surface area contributed by atoms with E-state index in [2.05, 4.69) is 0 Å². The van der Waals surface area contributed by atoms with Crippen LogP contribution in [0.1, 0.15) is 19.3 Å². The Morgan fingerprint density at radius 2 is 1.77 bits per heavy atom. The van der Waals surface area contributed by atoms with E-state index in [1.807, 2.05) is 0 Å². The fourth-order valence-corrected chi connectivity index (χ4v) is 5.57. The molecule has 0 saturated carbocycles. The maximum atomic E-state index is 13.5. The van der Waals surface area contributed by atoms with Gasteiger partial charge in [0.25, 0.3) is 5.91 Å². The molecule has 31 heavy (non-hydrogen) atoms. The normalized spacial score (nSPS) is 22.0. The number of hydrogen-bond acceptors (Lipinski definition) is 5. The first kappa shape index (κ1) is 21.9. The Morgan fingerprint density at radius 3 is 2.39 bits per heavy atom. The summed E-state index contributed by atoms with van der Waals surface area (Å²) in [5, 5.41) is 0.374. The monoisotopic (exact) mass is 466 g/mol. The average Bonchev–Trinajstić information content (AvgIpc) is 3.35. The fourth-order valence-electron chi connectivity index (χ4n) is 3.83. The highest BCUT2D eigenvalue weighted by Crippen LogP contribution is 2.31. The largest absolute Gasteiger partial charge is 0.377 e. The topological polar surface area (TPSA) is 84.0 Å². The van der Waals surface area contributed by atoms with Crippen LogP contribution in [0.25, 0.3) is 0 Å². The maximum Gasteiger partial charge on any atom is 0.252 e. The zero-order valence-corrected chi connectivity index (χ0v) is 18.0. The summed E-state index contributed by atoms with van der Waals surface area (Å²) in [7, 11) is -4.12. The van der Waals surface area contributed by atoms with Gasteiger partial charge in [-0.1, -0.05) is 11.6 Å². The molecule has 2 aromatic rings.